The minimum atomic E-state index is 0.274. The monoisotopic (exact) mass is 266 g/mol. The van der Waals surface area contributed by atoms with Crippen molar-refractivity contribution in [2.24, 2.45) is 0 Å². The van der Waals surface area contributed by atoms with E-state index in [1.54, 1.807) is 13.4 Å². The fourth-order valence-electron chi connectivity index (χ4n) is 2.35. The number of nitrogens with zero attached hydrogens (tertiary/aromatic N) is 3. The standard InChI is InChI=1S/C13H22N4O2/c1-14-12-11(18-3)13(16-9-15-12)17(2)8-10-6-4-5-7-19-10/h9-10H,4-8H2,1-3H3,(H,14,15,16). The highest BCUT2D eigenvalue weighted by molar-refractivity contribution is 5.64. The van der Waals surface area contributed by atoms with Crippen molar-refractivity contribution in [1.82, 2.24) is 9.97 Å². The molecule has 0 saturated carbocycles. The third-order valence-electron chi connectivity index (χ3n) is 3.34. The minimum Gasteiger partial charge on any atom is -0.490 e. The number of hydrogen-bond donors (Lipinski definition) is 1. The molecular weight excluding hydrogens is 244 g/mol. The highest BCUT2D eigenvalue weighted by Gasteiger charge is 2.20. The van der Waals surface area contributed by atoms with Crippen LogP contribution in [-0.2, 0) is 4.74 Å². The number of ether oxygens (including phenoxy) is 2. The summed E-state index contributed by atoms with van der Waals surface area (Å²) >= 11 is 0. The highest BCUT2D eigenvalue weighted by atomic mass is 16.5. The second-order valence-electron chi connectivity index (χ2n) is 4.70. The zero-order valence-corrected chi connectivity index (χ0v) is 11.8. The van der Waals surface area contributed by atoms with Gasteiger partial charge in [-0.15, -0.1) is 0 Å². The summed E-state index contributed by atoms with van der Waals surface area (Å²) in [6.07, 6.45) is 5.33. The molecule has 6 heteroatoms. The molecule has 0 aliphatic carbocycles. The first-order valence-electron chi connectivity index (χ1n) is 6.65. The van der Waals surface area contributed by atoms with Crippen LogP contribution in [0.1, 0.15) is 19.3 Å². The van der Waals surface area contributed by atoms with Gasteiger partial charge in [0, 0.05) is 27.2 Å². The zero-order valence-electron chi connectivity index (χ0n) is 11.8. The quantitative estimate of drug-likeness (QED) is 0.872. The maximum absolute atomic E-state index is 5.76. The SMILES string of the molecule is CNc1ncnc(N(C)CC2CCCCO2)c1OC. The summed E-state index contributed by atoms with van der Waals surface area (Å²) < 4.78 is 11.2. The van der Waals surface area contributed by atoms with E-state index in [0.717, 1.165) is 25.4 Å². The van der Waals surface area contributed by atoms with Gasteiger partial charge in [0.15, 0.2) is 11.6 Å². The maximum Gasteiger partial charge on any atom is 0.204 e. The average Bonchev–Trinajstić information content (AvgIpc) is 2.47. The summed E-state index contributed by atoms with van der Waals surface area (Å²) in [4.78, 5) is 10.5. The van der Waals surface area contributed by atoms with E-state index in [1.807, 2.05) is 14.1 Å². The maximum atomic E-state index is 5.76. The normalized spacial score (nSPS) is 19.0. The number of rotatable bonds is 5. The zero-order chi connectivity index (χ0) is 13.7. The van der Waals surface area contributed by atoms with Crippen LogP contribution in [0.4, 0.5) is 11.6 Å². The Morgan fingerprint density at radius 1 is 1.47 bits per heavy atom. The molecule has 2 rings (SSSR count). The van der Waals surface area contributed by atoms with Crippen molar-refractivity contribution in [2.45, 2.75) is 25.4 Å². The van der Waals surface area contributed by atoms with Crippen LogP contribution in [0, 0.1) is 0 Å². The molecule has 106 valence electrons. The number of hydrogen-bond acceptors (Lipinski definition) is 6. The van der Waals surface area contributed by atoms with Crippen LogP contribution in [0.25, 0.3) is 0 Å². The number of likely N-dealkylation sites (N-methyl/N-ethyl adjacent to an activating group) is 1. The van der Waals surface area contributed by atoms with Crippen LogP contribution < -0.4 is 15.0 Å². The first kappa shape index (κ1) is 13.9. The van der Waals surface area contributed by atoms with Gasteiger partial charge >= 0.3 is 0 Å². The molecule has 2 heterocycles. The van der Waals surface area contributed by atoms with Gasteiger partial charge in [0.2, 0.25) is 5.75 Å². The molecule has 1 aliphatic heterocycles. The minimum absolute atomic E-state index is 0.274. The molecule has 19 heavy (non-hydrogen) atoms. The molecule has 0 spiro atoms. The molecule has 0 amide bonds. The Balaban J connectivity index is 2.11. The molecular formula is C13H22N4O2. The van der Waals surface area contributed by atoms with Gasteiger partial charge in [-0.2, -0.15) is 0 Å². The van der Waals surface area contributed by atoms with Gasteiger partial charge in [-0.05, 0) is 19.3 Å². The molecule has 1 unspecified atom stereocenters. The van der Waals surface area contributed by atoms with Crippen molar-refractivity contribution in [1.29, 1.82) is 0 Å². The molecule has 0 aromatic carbocycles. The third kappa shape index (κ3) is 3.26. The molecule has 1 N–H and O–H groups in total. The van der Waals surface area contributed by atoms with Crippen LogP contribution in [0.3, 0.4) is 0 Å². The Morgan fingerprint density at radius 2 is 2.32 bits per heavy atom. The van der Waals surface area contributed by atoms with E-state index in [-0.39, 0.29) is 6.10 Å². The molecule has 1 saturated heterocycles. The Bertz CT molecular complexity index is 408. The fourth-order valence-corrected chi connectivity index (χ4v) is 2.35. The molecule has 1 aromatic rings. The van der Waals surface area contributed by atoms with Crippen LogP contribution >= 0.6 is 0 Å². The highest BCUT2D eigenvalue weighted by Crippen LogP contribution is 2.31. The molecule has 1 aromatic heterocycles. The summed E-state index contributed by atoms with van der Waals surface area (Å²) in [5.41, 5.74) is 0. The second-order valence-corrected chi connectivity index (χ2v) is 4.70. The molecule has 1 atom stereocenters. The van der Waals surface area contributed by atoms with E-state index in [1.165, 1.54) is 12.8 Å². The topological polar surface area (TPSA) is 59.5 Å². The van der Waals surface area contributed by atoms with Gasteiger partial charge in [-0.3, -0.25) is 0 Å². The number of nitrogens with one attached hydrogen (secondary N) is 1. The van der Waals surface area contributed by atoms with Crippen molar-refractivity contribution in [3.8, 4) is 5.75 Å². The molecule has 0 radical (unpaired) electrons. The molecule has 0 bridgehead atoms. The Morgan fingerprint density at radius 3 is 2.95 bits per heavy atom. The summed E-state index contributed by atoms with van der Waals surface area (Å²) in [6, 6.07) is 0. The predicted octanol–water partition coefficient (Wildman–Crippen LogP) is 1.53. The van der Waals surface area contributed by atoms with Gasteiger partial charge in [0.1, 0.15) is 6.33 Å². The van der Waals surface area contributed by atoms with Crippen LogP contribution in [0.5, 0.6) is 5.75 Å². The summed E-state index contributed by atoms with van der Waals surface area (Å²) in [5, 5.41) is 3.01. The van der Waals surface area contributed by atoms with E-state index in [2.05, 4.69) is 20.2 Å². The largest absolute Gasteiger partial charge is 0.490 e. The Labute approximate surface area is 114 Å². The smallest absolute Gasteiger partial charge is 0.204 e. The van der Waals surface area contributed by atoms with Crippen molar-refractivity contribution in [2.75, 3.05) is 44.6 Å². The Hall–Kier alpha value is -1.56. The lowest BCUT2D eigenvalue weighted by Crippen LogP contribution is -2.34. The fraction of sp³-hybridized carbons (Fsp3) is 0.692. The third-order valence-corrected chi connectivity index (χ3v) is 3.34. The van der Waals surface area contributed by atoms with Crippen LogP contribution in [0.2, 0.25) is 0 Å². The lowest BCUT2D eigenvalue weighted by molar-refractivity contribution is 0.0215. The Kier molecular flexibility index (Phi) is 4.79. The number of methoxy groups -OCH3 is 1. The lowest BCUT2D eigenvalue weighted by Gasteiger charge is -2.28. The molecule has 1 fully saturated rings. The molecule has 1 aliphatic rings. The van der Waals surface area contributed by atoms with Gasteiger partial charge in [0.05, 0.1) is 13.2 Å². The van der Waals surface area contributed by atoms with E-state index in [4.69, 9.17) is 9.47 Å². The summed E-state index contributed by atoms with van der Waals surface area (Å²) in [5.74, 6) is 2.16. The van der Waals surface area contributed by atoms with Gasteiger partial charge in [0.25, 0.3) is 0 Å². The van der Waals surface area contributed by atoms with Crippen molar-refractivity contribution in [3.05, 3.63) is 6.33 Å². The van der Waals surface area contributed by atoms with E-state index < -0.39 is 0 Å². The van der Waals surface area contributed by atoms with Gasteiger partial charge in [-0.25, -0.2) is 9.97 Å². The van der Waals surface area contributed by atoms with Crippen molar-refractivity contribution in [3.63, 3.8) is 0 Å². The number of anilines is 2. The van der Waals surface area contributed by atoms with Crippen LogP contribution in [-0.4, -0.2) is 50.4 Å². The van der Waals surface area contributed by atoms with E-state index >= 15 is 0 Å². The summed E-state index contributed by atoms with van der Waals surface area (Å²) in [7, 11) is 5.45. The van der Waals surface area contributed by atoms with Gasteiger partial charge < -0.3 is 19.7 Å². The van der Waals surface area contributed by atoms with Crippen molar-refractivity contribution < 1.29 is 9.47 Å². The lowest BCUT2D eigenvalue weighted by atomic mass is 10.1. The first-order chi connectivity index (χ1) is 9.26. The summed E-state index contributed by atoms with van der Waals surface area (Å²) in [6.45, 7) is 1.68. The van der Waals surface area contributed by atoms with Crippen LogP contribution in [0.15, 0.2) is 6.33 Å². The van der Waals surface area contributed by atoms with E-state index in [9.17, 15) is 0 Å². The molecule has 6 nitrogen and oxygen atoms in total. The number of aromatic nitrogens is 2. The second kappa shape index (κ2) is 6.56. The van der Waals surface area contributed by atoms with E-state index in [0.29, 0.717) is 11.6 Å². The first-order valence-corrected chi connectivity index (χ1v) is 6.65. The predicted molar refractivity (Wildman–Crippen MR) is 75.0 cm³/mol. The van der Waals surface area contributed by atoms with Gasteiger partial charge in [-0.1, -0.05) is 0 Å². The van der Waals surface area contributed by atoms with Crippen molar-refractivity contribution >= 4 is 11.6 Å². The average molecular weight is 266 g/mol.